The molecule has 0 bridgehead atoms. The first-order chi connectivity index (χ1) is 9.10. The molecule has 0 rings (SSSR count). The van der Waals surface area contributed by atoms with Gasteiger partial charge in [-0.05, 0) is 0 Å². The third-order valence-electron chi connectivity index (χ3n) is 2.23. The number of likely N-dealkylation sites (N-methyl/N-ethyl adjacent to an activating group) is 1. The molecule has 0 aliphatic carbocycles. The first-order valence-corrected chi connectivity index (χ1v) is 6.24. The molecule has 3 N–H and O–H groups in total. The van der Waals surface area contributed by atoms with Gasteiger partial charge in [0.15, 0.2) is 6.10 Å². The monoisotopic (exact) mass is 327 g/mol. The fraction of sp³-hybridized carbons (Fsp3) is 0.750. The van der Waals surface area contributed by atoms with Gasteiger partial charge in [-0.1, -0.05) is 0 Å². The summed E-state index contributed by atoms with van der Waals surface area (Å²) in [5.41, 5.74) is 0. The molecule has 0 spiro atoms. The van der Waals surface area contributed by atoms with Crippen LogP contribution in [0.5, 0.6) is 0 Å². The van der Waals surface area contributed by atoms with Crippen LogP contribution in [-0.2, 0) is 19.1 Å². The maximum atomic E-state index is 11.6. The third kappa shape index (κ3) is 14.8. The van der Waals surface area contributed by atoms with Crippen molar-refractivity contribution in [3.63, 3.8) is 0 Å². The lowest BCUT2D eigenvalue weighted by atomic mass is 10.2. The first-order valence-electron chi connectivity index (χ1n) is 6.24. The summed E-state index contributed by atoms with van der Waals surface area (Å²) in [6.07, 6.45) is -0.941. The van der Waals surface area contributed by atoms with Crippen LogP contribution in [0.3, 0.4) is 0 Å². The van der Waals surface area contributed by atoms with Crippen LogP contribution < -0.4 is 5.32 Å². The highest BCUT2D eigenvalue weighted by Crippen LogP contribution is 2.06. The fourth-order valence-electron chi connectivity index (χ4n) is 1.58. The van der Waals surface area contributed by atoms with E-state index >= 15 is 0 Å². The Morgan fingerprint density at radius 3 is 2.14 bits per heavy atom. The molecular weight excluding hydrogens is 304 g/mol. The van der Waals surface area contributed by atoms with Gasteiger partial charge in [-0.15, -0.1) is 12.4 Å². The van der Waals surface area contributed by atoms with Gasteiger partial charge in [-0.2, -0.15) is 0 Å². The van der Waals surface area contributed by atoms with Crippen molar-refractivity contribution in [2.24, 2.45) is 0 Å². The Morgan fingerprint density at radius 1 is 1.14 bits per heavy atom. The van der Waals surface area contributed by atoms with Gasteiger partial charge >= 0.3 is 17.9 Å². The van der Waals surface area contributed by atoms with Crippen molar-refractivity contribution >= 4 is 30.3 Å². The minimum atomic E-state index is -1.03. The van der Waals surface area contributed by atoms with Crippen LogP contribution in [0, 0.1) is 0 Å². The summed E-state index contributed by atoms with van der Waals surface area (Å²) < 4.78 is 5.60. The Hall–Kier alpha value is -1.38. The van der Waals surface area contributed by atoms with Crippen molar-refractivity contribution in [3.8, 4) is 0 Å². The van der Waals surface area contributed by atoms with Crippen LogP contribution in [-0.4, -0.2) is 79.5 Å². The van der Waals surface area contributed by atoms with Gasteiger partial charge < -0.3 is 24.7 Å². The number of esters is 1. The number of rotatable bonds is 10. The van der Waals surface area contributed by atoms with Gasteiger partial charge in [0.1, 0.15) is 6.54 Å². The van der Waals surface area contributed by atoms with E-state index in [4.69, 9.17) is 14.9 Å². The molecule has 0 unspecified atom stereocenters. The SMILES string of the molecule is C[N+](C)(C)C[C@@H](CC(=O)O)OC(=O)CCNCC(=O)O.Cl. The minimum Gasteiger partial charge on any atom is -0.481 e. The number of carboxylic acids is 2. The van der Waals surface area contributed by atoms with E-state index in [1.54, 1.807) is 0 Å². The zero-order chi connectivity index (χ0) is 15.8. The predicted octanol–water partition coefficient (Wildman–Crippen LogP) is -0.435. The molecule has 0 aromatic carbocycles. The summed E-state index contributed by atoms with van der Waals surface area (Å²) in [7, 11) is 5.62. The number of aliphatic carboxylic acids is 2. The van der Waals surface area contributed by atoms with Crippen molar-refractivity contribution < 1.29 is 33.8 Å². The number of nitrogens with zero attached hydrogens (tertiary/aromatic N) is 1. The normalized spacial score (nSPS) is 12.1. The number of carbonyl (C=O) groups excluding carboxylic acids is 1. The van der Waals surface area contributed by atoms with Gasteiger partial charge in [0.25, 0.3) is 0 Å². The van der Waals surface area contributed by atoms with Crippen LogP contribution in [0.1, 0.15) is 12.8 Å². The summed E-state index contributed by atoms with van der Waals surface area (Å²) in [6, 6.07) is 0. The van der Waals surface area contributed by atoms with E-state index in [2.05, 4.69) is 5.32 Å². The van der Waals surface area contributed by atoms with Gasteiger partial charge in [-0.25, -0.2) is 0 Å². The summed E-state index contributed by atoms with van der Waals surface area (Å²) >= 11 is 0. The Bertz CT molecular complexity index is 356. The zero-order valence-electron chi connectivity index (χ0n) is 12.5. The maximum Gasteiger partial charge on any atom is 0.317 e. The van der Waals surface area contributed by atoms with E-state index in [1.165, 1.54) is 0 Å². The quantitative estimate of drug-likeness (QED) is 0.283. The number of nitrogens with one attached hydrogen (secondary N) is 1. The maximum absolute atomic E-state index is 11.6. The molecule has 0 saturated carbocycles. The molecule has 0 heterocycles. The lowest BCUT2D eigenvalue weighted by Gasteiger charge is -2.28. The van der Waals surface area contributed by atoms with Crippen molar-refractivity contribution in [1.82, 2.24) is 5.32 Å². The van der Waals surface area contributed by atoms with E-state index in [9.17, 15) is 14.4 Å². The number of ether oxygens (including phenoxy) is 1. The van der Waals surface area contributed by atoms with E-state index < -0.39 is 24.0 Å². The second-order valence-electron chi connectivity index (χ2n) is 5.50. The highest BCUT2D eigenvalue weighted by Gasteiger charge is 2.24. The lowest BCUT2D eigenvalue weighted by Crippen LogP contribution is -2.44. The average Bonchev–Trinajstić information content (AvgIpc) is 2.20. The number of carbonyl (C=O) groups is 3. The second-order valence-corrected chi connectivity index (χ2v) is 5.50. The van der Waals surface area contributed by atoms with Crippen molar-refractivity contribution in [2.75, 3.05) is 40.8 Å². The highest BCUT2D eigenvalue weighted by molar-refractivity contribution is 5.85. The topological polar surface area (TPSA) is 113 Å². The van der Waals surface area contributed by atoms with Gasteiger partial charge in [0.2, 0.25) is 0 Å². The smallest absolute Gasteiger partial charge is 0.317 e. The second kappa shape index (κ2) is 10.4. The van der Waals surface area contributed by atoms with Crippen molar-refractivity contribution in [2.45, 2.75) is 18.9 Å². The van der Waals surface area contributed by atoms with Crippen molar-refractivity contribution in [3.05, 3.63) is 0 Å². The van der Waals surface area contributed by atoms with Gasteiger partial charge in [0.05, 0.1) is 40.5 Å². The summed E-state index contributed by atoms with van der Waals surface area (Å²) in [5.74, 6) is -2.57. The molecule has 8 nitrogen and oxygen atoms in total. The molecule has 0 aliphatic rings. The number of hydrogen-bond donors (Lipinski definition) is 3. The Balaban J connectivity index is 0. The molecule has 0 aliphatic heterocycles. The largest absolute Gasteiger partial charge is 0.481 e. The van der Waals surface area contributed by atoms with Crippen molar-refractivity contribution in [1.29, 1.82) is 0 Å². The molecular formula is C12H24ClN2O6+. The van der Waals surface area contributed by atoms with E-state index in [0.717, 1.165) is 0 Å². The summed E-state index contributed by atoms with van der Waals surface area (Å²) in [6.45, 7) is 0.334. The third-order valence-corrected chi connectivity index (χ3v) is 2.23. The number of quaternary nitrogens is 1. The fourth-order valence-corrected chi connectivity index (χ4v) is 1.58. The summed E-state index contributed by atoms with van der Waals surface area (Å²) in [5, 5.41) is 19.8. The Kier molecular flexibility index (Phi) is 10.8. The Morgan fingerprint density at radius 2 is 1.71 bits per heavy atom. The van der Waals surface area contributed by atoms with E-state index in [0.29, 0.717) is 11.0 Å². The highest BCUT2D eigenvalue weighted by atomic mass is 35.5. The summed E-state index contributed by atoms with van der Waals surface area (Å²) in [4.78, 5) is 32.5. The van der Waals surface area contributed by atoms with E-state index in [-0.39, 0.29) is 38.3 Å². The Labute approximate surface area is 130 Å². The number of hydrogen-bond acceptors (Lipinski definition) is 5. The predicted molar refractivity (Wildman–Crippen MR) is 77.4 cm³/mol. The lowest BCUT2D eigenvalue weighted by molar-refractivity contribution is -0.873. The van der Waals surface area contributed by atoms with Crippen LogP contribution >= 0.6 is 12.4 Å². The van der Waals surface area contributed by atoms with Gasteiger partial charge in [0, 0.05) is 6.54 Å². The van der Waals surface area contributed by atoms with Crippen LogP contribution in [0.25, 0.3) is 0 Å². The average molecular weight is 328 g/mol. The molecule has 124 valence electrons. The van der Waals surface area contributed by atoms with Crippen LogP contribution in [0.4, 0.5) is 0 Å². The van der Waals surface area contributed by atoms with Gasteiger partial charge in [-0.3, -0.25) is 14.4 Å². The molecule has 0 amide bonds. The van der Waals surface area contributed by atoms with Crippen LogP contribution in [0.2, 0.25) is 0 Å². The molecule has 1 atom stereocenters. The molecule has 0 fully saturated rings. The standard InChI is InChI=1S/C12H22N2O6.ClH/c1-14(2,3)8-9(6-10(15)16)20-12(19)4-5-13-7-11(17)18;/h9,13H,4-8H2,1-3H3,(H-,15,16,17,18);1H/p+1/t9-;/m1./s1. The molecule has 21 heavy (non-hydrogen) atoms. The molecule has 0 saturated heterocycles. The van der Waals surface area contributed by atoms with Crippen LogP contribution in [0.15, 0.2) is 0 Å². The molecule has 9 heteroatoms. The first kappa shape index (κ1) is 21.9. The number of halogens is 1. The zero-order valence-corrected chi connectivity index (χ0v) is 13.3. The molecule has 0 aromatic heterocycles. The minimum absolute atomic E-state index is 0. The molecule has 0 radical (unpaired) electrons. The molecule has 0 aromatic rings. The number of carboxylic acid groups (broad SMARTS) is 2. The van der Waals surface area contributed by atoms with E-state index in [1.807, 2.05) is 21.1 Å².